The van der Waals surface area contributed by atoms with Crippen LogP contribution in [0.3, 0.4) is 0 Å². The first kappa shape index (κ1) is 23.3. The molecule has 1 aromatic heterocycles. The first-order chi connectivity index (χ1) is 16.2. The van der Waals surface area contributed by atoms with Gasteiger partial charge in [-0.1, -0.05) is 39.7 Å². The molecule has 174 valence electrons. The fraction of sp³-hybridized carbons (Fsp3) is 0.259. The molecule has 0 unspecified atom stereocenters. The van der Waals surface area contributed by atoms with Gasteiger partial charge in [-0.25, -0.2) is 0 Å². The number of hydrogen-bond acceptors (Lipinski definition) is 3. The zero-order valence-corrected chi connectivity index (χ0v) is 22.7. The average Bonchev–Trinajstić information content (AvgIpc) is 3.15. The van der Waals surface area contributed by atoms with Crippen molar-refractivity contribution in [1.82, 2.24) is 10.3 Å². The van der Waals surface area contributed by atoms with Crippen LogP contribution in [0.4, 0.5) is 11.4 Å². The van der Waals surface area contributed by atoms with E-state index >= 15 is 0 Å². The fourth-order valence-corrected chi connectivity index (χ4v) is 5.85. The number of fused-ring (bicyclic) bond motifs is 1. The number of aromatic nitrogens is 1. The van der Waals surface area contributed by atoms with Gasteiger partial charge in [0.2, 0.25) is 0 Å². The lowest BCUT2D eigenvalue weighted by Crippen LogP contribution is -2.42. The van der Waals surface area contributed by atoms with Gasteiger partial charge in [-0.15, -0.1) is 0 Å². The molecule has 0 saturated carbocycles. The highest BCUT2D eigenvalue weighted by Crippen LogP contribution is 2.47. The van der Waals surface area contributed by atoms with Gasteiger partial charge in [0.1, 0.15) is 0 Å². The highest BCUT2D eigenvalue weighted by atomic mass is 79.9. The summed E-state index contributed by atoms with van der Waals surface area (Å²) in [6.07, 6.45) is 4.13. The van der Waals surface area contributed by atoms with Gasteiger partial charge in [-0.2, -0.15) is 0 Å². The minimum Gasteiger partial charge on any atom is -0.365 e. The summed E-state index contributed by atoms with van der Waals surface area (Å²) in [5.41, 5.74) is 6.43. The number of likely N-dealkylation sites (N-methyl/N-ethyl adjacent to an activating group) is 1. The number of rotatable bonds is 3. The molecule has 3 aromatic rings. The molecule has 0 radical (unpaired) electrons. The van der Waals surface area contributed by atoms with Crippen molar-refractivity contribution in [3.05, 3.63) is 93.2 Å². The summed E-state index contributed by atoms with van der Waals surface area (Å²) in [7, 11) is 2.12. The Bertz CT molecular complexity index is 1290. The van der Waals surface area contributed by atoms with Crippen LogP contribution < -0.4 is 15.1 Å². The van der Waals surface area contributed by atoms with Gasteiger partial charge in [0.15, 0.2) is 5.11 Å². The molecule has 2 aliphatic heterocycles. The van der Waals surface area contributed by atoms with Gasteiger partial charge < -0.3 is 15.1 Å². The highest BCUT2D eigenvalue weighted by molar-refractivity contribution is 9.10. The van der Waals surface area contributed by atoms with Gasteiger partial charge in [0, 0.05) is 39.7 Å². The maximum Gasteiger partial charge on any atom is 0.174 e. The maximum atomic E-state index is 7.05. The molecule has 0 amide bonds. The van der Waals surface area contributed by atoms with E-state index in [0.717, 1.165) is 32.1 Å². The quantitative estimate of drug-likeness (QED) is 0.344. The summed E-state index contributed by atoms with van der Waals surface area (Å²) in [5.74, 6) is 0. The van der Waals surface area contributed by atoms with Crippen LogP contribution in [0.15, 0.2) is 71.3 Å². The molecule has 4 nitrogen and oxygen atoms in total. The highest BCUT2D eigenvalue weighted by Gasteiger charge is 2.42. The Morgan fingerprint density at radius 1 is 1.12 bits per heavy atom. The zero-order chi connectivity index (χ0) is 24.2. The van der Waals surface area contributed by atoms with Crippen molar-refractivity contribution in [2.45, 2.75) is 38.4 Å². The number of anilines is 2. The van der Waals surface area contributed by atoms with Crippen LogP contribution in [0, 0.1) is 0 Å². The molecule has 2 aromatic carbocycles. The molecule has 34 heavy (non-hydrogen) atoms. The van der Waals surface area contributed by atoms with Crippen molar-refractivity contribution in [2.75, 3.05) is 16.8 Å². The molecule has 0 bridgehead atoms. The largest absolute Gasteiger partial charge is 0.365 e. The molecule has 2 atom stereocenters. The van der Waals surface area contributed by atoms with Crippen LogP contribution in [-0.4, -0.2) is 22.7 Å². The maximum absolute atomic E-state index is 7.05. The number of halogens is 2. The zero-order valence-electron chi connectivity index (χ0n) is 19.5. The number of hydrogen-bond donors (Lipinski definition) is 1. The predicted octanol–water partition coefficient (Wildman–Crippen LogP) is 7.31. The molecule has 0 spiro atoms. The van der Waals surface area contributed by atoms with Gasteiger partial charge >= 0.3 is 0 Å². The Hall–Kier alpha value is -2.41. The SMILES string of the molecule is CC1=CC(C)(C)N(C)c2cc(Cl)c([C@H]3[C@@H](c4ccccn4)NC(=S)N3c3ccc(Br)cc3)cc21. The van der Waals surface area contributed by atoms with E-state index in [4.69, 9.17) is 23.8 Å². The Morgan fingerprint density at radius 3 is 2.53 bits per heavy atom. The van der Waals surface area contributed by atoms with Crippen LogP contribution >= 0.6 is 39.7 Å². The second-order valence-corrected chi connectivity index (χ2v) is 11.1. The Labute approximate surface area is 219 Å². The van der Waals surface area contributed by atoms with E-state index in [0.29, 0.717) is 5.11 Å². The molecule has 1 N–H and O–H groups in total. The molecule has 3 heterocycles. The molecule has 2 aliphatic rings. The summed E-state index contributed by atoms with van der Waals surface area (Å²) < 4.78 is 1.02. The molecule has 7 heteroatoms. The van der Waals surface area contributed by atoms with Crippen LogP contribution in [-0.2, 0) is 0 Å². The lowest BCUT2D eigenvalue weighted by atomic mass is 9.86. The summed E-state index contributed by atoms with van der Waals surface area (Å²) in [5, 5.41) is 4.89. The van der Waals surface area contributed by atoms with Gasteiger partial charge in [-0.3, -0.25) is 4.98 Å². The van der Waals surface area contributed by atoms with Crippen LogP contribution in [0.25, 0.3) is 5.57 Å². The Balaban J connectivity index is 1.70. The molecular weight excluding hydrogens is 528 g/mol. The second kappa shape index (κ2) is 8.67. The van der Waals surface area contributed by atoms with E-state index < -0.39 is 0 Å². The summed E-state index contributed by atoms with van der Waals surface area (Å²) in [6, 6.07) is 18.2. The van der Waals surface area contributed by atoms with Crippen molar-refractivity contribution in [2.24, 2.45) is 0 Å². The summed E-state index contributed by atoms with van der Waals surface area (Å²) >= 11 is 16.5. The lowest BCUT2D eigenvalue weighted by molar-refractivity contribution is 0.567. The average molecular weight is 554 g/mol. The number of thiocarbonyl (C=S) groups is 1. The van der Waals surface area contributed by atoms with Crippen molar-refractivity contribution in [3.63, 3.8) is 0 Å². The third-order valence-corrected chi connectivity index (χ3v) is 8.03. The van der Waals surface area contributed by atoms with Crippen molar-refractivity contribution in [3.8, 4) is 0 Å². The van der Waals surface area contributed by atoms with E-state index in [9.17, 15) is 0 Å². The van der Waals surface area contributed by atoms with E-state index in [1.807, 2.05) is 36.5 Å². The minimum atomic E-state index is -0.158. The first-order valence-electron chi connectivity index (χ1n) is 11.2. The third kappa shape index (κ3) is 3.92. The van der Waals surface area contributed by atoms with Crippen molar-refractivity contribution in [1.29, 1.82) is 0 Å². The number of pyridine rings is 1. The molecular formula is C27H26BrClN4S. The number of allylic oxidation sites excluding steroid dienone is 1. The molecule has 1 fully saturated rings. The van der Waals surface area contributed by atoms with Crippen molar-refractivity contribution < 1.29 is 0 Å². The monoisotopic (exact) mass is 552 g/mol. The number of benzene rings is 2. The normalized spacial score (nSPS) is 21.2. The number of nitrogens with zero attached hydrogens (tertiary/aromatic N) is 3. The second-order valence-electron chi connectivity index (χ2n) is 9.40. The summed E-state index contributed by atoms with van der Waals surface area (Å²) in [4.78, 5) is 9.10. The topological polar surface area (TPSA) is 31.4 Å². The predicted molar refractivity (Wildman–Crippen MR) is 150 cm³/mol. The standard InChI is InChI=1S/C27H26BrClN4S/c1-16-15-27(2,3)32(4)23-14-21(29)20(13-19(16)23)25-24(22-7-5-6-12-30-22)31-26(34)33(25)18-10-8-17(28)9-11-18/h5-15,24-25H,1-4H3,(H,31,34)/t24-,25+/m1/s1. The van der Waals surface area contributed by atoms with Crippen molar-refractivity contribution >= 4 is 61.8 Å². The van der Waals surface area contributed by atoms with Gasteiger partial charge in [0.25, 0.3) is 0 Å². The van der Waals surface area contributed by atoms with Crippen LogP contribution in [0.5, 0.6) is 0 Å². The van der Waals surface area contributed by atoms with E-state index in [-0.39, 0.29) is 17.6 Å². The Kier molecular flexibility index (Phi) is 5.95. The van der Waals surface area contributed by atoms with E-state index in [1.54, 1.807) is 0 Å². The smallest absolute Gasteiger partial charge is 0.174 e. The first-order valence-corrected chi connectivity index (χ1v) is 12.8. The molecule has 0 aliphatic carbocycles. The van der Waals surface area contributed by atoms with E-state index in [1.165, 1.54) is 11.1 Å². The lowest BCUT2D eigenvalue weighted by Gasteiger charge is -2.41. The fourth-order valence-electron chi connectivity index (χ4n) is 4.97. The molecule has 5 rings (SSSR count). The Morgan fingerprint density at radius 2 is 1.85 bits per heavy atom. The van der Waals surface area contributed by atoms with Gasteiger partial charge in [-0.05, 0) is 92.7 Å². The van der Waals surface area contributed by atoms with Crippen LogP contribution in [0.2, 0.25) is 5.02 Å². The number of nitrogens with one attached hydrogen (secondary N) is 1. The summed E-state index contributed by atoms with van der Waals surface area (Å²) in [6.45, 7) is 6.60. The molecule has 1 saturated heterocycles. The third-order valence-electron chi connectivity index (χ3n) is 6.86. The van der Waals surface area contributed by atoms with E-state index in [2.05, 4.69) is 94.2 Å². The van der Waals surface area contributed by atoms with Gasteiger partial charge in [0.05, 0.1) is 23.3 Å². The van der Waals surface area contributed by atoms with Crippen LogP contribution in [0.1, 0.15) is 49.7 Å². The minimum absolute atomic E-state index is 0.0850.